The van der Waals surface area contributed by atoms with Gasteiger partial charge in [-0.05, 0) is 42.3 Å². The van der Waals surface area contributed by atoms with Crippen molar-refractivity contribution in [3.63, 3.8) is 0 Å². The average Bonchev–Trinajstić information content (AvgIpc) is 2.33. The number of halogens is 2. The lowest BCUT2D eigenvalue weighted by Crippen LogP contribution is -2.08. The third-order valence-electron chi connectivity index (χ3n) is 2.84. The van der Waals surface area contributed by atoms with Crippen LogP contribution in [-0.4, -0.2) is 8.42 Å². The fraction of sp³-hybridized carbons (Fsp3) is 0.143. The highest BCUT2D eigenvalue weighted by Crippen LogP contribution is 2.24. The molecule has 0 fully saturated rings. The molecule has 0 amide bonds. The van der Waals surface area contributed by atoms with Gasteiger partial charge in [0.15, 0.2) is 21.5 Å². The van der Waals surface area contributed by atoms with Crippen LogP contribution in [0.3, 0.4) is 0 Å². The van der Waals surface area contributed by atoms with Gasteiger partial charge in [-0.15, -0.1) is 0 Å². The van der Waals surface area contributed by atoms with Gasteiger partial charge in [0.25, 0.3) is 0 Å². The minimum absolute atomic E-state index is 0.00664. The number of nitrogens with two attached hydrogens (primary N) is 1. The smallest absolute Gasteiger partial charge is 0.184 e. The SMILES string of the molecule is Cc1ccc(S(=O)(=O)Cc2ccc(F)c(F)c2)c(N)c1. The monoisotopic (exact) mass is 297 g/mol. The van der Waals surface area contributed by atoms with Crippen molar-refractivity contribution in [2.24, 2.45) is 0 Å². The van der Waals surface area contributed by atoms with Crippen molar-refractivity contribution in [1.82, 2.24) is 0 Å². The summed E-state index contributed by atoms with van der Waals surface area (Å²) in [5.41, 5.74) is 6.86. The maximum atomic E-state index is 13.1. The highest BCUT2D eigenvalue weighted by molar-refractivity contribution is 7.90. The standard InChI is InChI=1S/C14H13F2NO2S/c1-9-2-5-14(13(17)6-9)20(18,19)8-10-3-4-11(15)12(16)7-10/h2-7H,8,17H2,1H3. The summed E-state index contributed by atoms with van der Waals surface area (Å²) in [6, 6.07) is 7.61. The molecule has 0 aromatic heterocycles. The molecule has 0 atom stereocenters. The van der Waals surface area contributed by atoms with Gasteiger partial charge in [-0.2, -0.15) is 0 Å². The minimum Gasteiger partial charge on any atom is -0.398 e. The number of hydrogen-bond donors (Lipinski definition) is 1. The van der Waals surface area contributed by atoms with E-state index in [2.05, 4.69) is 0 Å². The predicted molar refractivity (Wildman–Crippen MR) is 72.8 cm³/mol. The number of aryl methyl sites for hydroxylation is 1. The zero-order valence-electron chi connectivity index (χ0n) is 10.7. The molecule has 2 N–H and O–H groups in total. The molecule has 0 radical (unpaired) electrons. The highest BCUT2D eigenvalue weighted by Gasteiger charge is 2.19. The number of anilines is 1. The van der Waals surface area contributed by atoms with Crippen molar-refractivity contribution in [3.05, 3.63) is 59.2 Å². The van der Waals surface area contributed by atoms with E-state index in [1.54, 1.807) is 19.1 Å². The molecule has 0 bridgehead atoms. The summed E-state index contributed by atoms with van der Waals surface area (Å²) in [4.78, 5) is -0.00664. The van der Waals surface area contributed by atoms with Gasteiger partial charge < -0.3 is 5.73 Å². The van der Waals surface area contributed by atoms with Crippen molar-refractivity contribution in [3.8, 4) is 0 Å². The second-order valence-corrected chi connectivity index (χ2v) is 6.51. The van der Waals surface area contributed by atoms with Gasteiger partial charge in [0.1, 0.15) is 0 Å². The Morgan fingerprint density at radius 2 is 1.75 bits per heavy atom. The van der Waals surface area contributed by atoms with Crippen molar-refractivity contribution in [2.45, 2.75) is 17.6 Å². The fourth-order valence-electron chi connectivity index (χ4n) is 1.88. The third kappa shape index (κ3) is 2.96. The molecular weight excluding hydrogens is 284 g/mol. The van der Waals surface area contributed by atoms with E-state index < -0.39 is 27.2 Å². The molecule has 2 aromatic rings. The van der Waals surface area contributed by atoms with E-state index in [1.807, 2.05) is 0 Å². The van der Waals surface area contributed by atoms with Crippen molar-refractivity contribution in [2.75, 3.05) is 5.73 Å². The molecule has 0 aliphatic rings. The van der Waals surface area contributed by atoms with Crippen LogP contribution >= 0.6 is 0 Å². The molecule has 2 rings (SSSR count). The van der Waals surface area contributed by atoms with Crippen LogP contribution in [0.25, 0.3) is 0 Å². The molecule has 0 spiro atoms. The first-order valence-corrected chi connectivity index (χ1v) is 7.47. The van der Waals surface area contributed by atoms with Gasteiger partial charge in [-0.25, -0.2) is 17.2 Å². The second kappa shape index (κ2) is 5.20. The van der Waals surface area contributed by atoms with Crippen molar-refractivity contribution >= 4 is 15.5 Å². The van der Waals surface area contributed by atoms with Crippen LogP contribution in [0.15, 0.2) is 41.3 Å². The van der Waals surface area contributed by atoms with Crippen LogP contribution in [0.2, 0.25) is 0 Å². The van der Waals surface area contributed by atoms with Gasteiger partial charge in [0, 0.05) is 0 Å². The molecule has 0 heterocycles. The number of rotatable bonds is 3. The van der Waals surface area contributed by atoms with E-state index in [-0.39, 0.29) is 16.1 Å². The summed E-state index contributed by atoms with van der Waals surface area (Å²) in [6.07, 6.45) is 0. The van der Waals surface area contributed by atoms with Crippen LogP contribution in [0, 0.1) is 18.6 Å². The molecular formula is C14H13F2NO2S. The van der Waals surface area contributed by atoms with Crippen LogP contribution in [-0.2, 0) is 15.6 Å². The first kappa shape index (κ1) is 14.5. The van der Waals surface area contributed by atoms with Crippen molar-refractivity contribution < 1.29 is 17.2 Å². The normalized spacial score (nSPS) is 11.6. The molecule has 0 saturated heterocycles. The summed E-state index contributed by atoms with van der Waals surface area (Å²) < 4.78 is 50.4. The Morgan fingerprint density at radius 1 is 1.05 bits per heavy atom. The topological polar surface area (TPSA) is 60.2 Å². The lowest BCUT2D eigenvalue weighted by molar-refractivity contribution is 0.507. The summed E-state index contributed by atoms with van der Waals surface area (Å²) in [6.45, 7) is 1.79. The zero-order valence-corrected chi connectivity index (χ0v) is 11.5. The Labute approximate surface area is 116 Å². The van der Waals surface area contributed by atoms with Gasteiger partial charge >= 0.3 is 0 Å². The second-order valence-electron chi connectivity index (χ2n) is 4.55. The molecule has 106 valence electrons. The van der Waals surface area contributed by atoms with E-state index >= 15 is 0 Å². The number of hydrogen-bond acceptors (Lipinski definition) is 3. The average molecular weight is 297 g/mol. The first-order chi connectivity index (χ1) is 9.29. The highest BCUT2D eigenvalue weighted by atomic mass is 32.2. The minimum atomic E-state index is -3.70. The van der Waals surface area contributed by atoms with Crippen LogP contribution < -0.4 is 5.73 Å². The number of nitrogen functional groups attached to an aromatic ring is 1. The largest absolute Gasteiger partial charge is 0.398 e. The predicted octanol–water partition coefficient (Wildman–Crippen LogP) is 2.83. The van der Waals surface area contributed by atoms with E-state index in [4.69, 9.17) is 5.73 Å². The first-order valence-electron chi connectivity index (χ1n) is 5.82. The lowest BCUT2D eigenvalue weighted by atomic mass is 10.2. The molecule has 0 aliphatic carbocycles. The Morgan fingerprint density at radius 3 is 2.35 bits per heavy atom. The quantitative estimate of drug-likeness (QED) is 0.886. The lowest BCUT2D eigenvalue weighted by Gasteiger charge is -2.08. The maximum Gasteiger partial charge on any atom is 0.184 e. The van der Waals surface area contributed by atoms with Gasteiger partial charge in [0.05, 0.1) is 16.3 Å². The summed E-state index contributed by atoms with van der Waals surface area (Å²) >= 11 is 0. The molecule has 0 saturated carbocycles. The molecule has 3 nitrogen and oxygen atoms in total. The van der Waals surface area contributed by atoms with E-state index in [1.165, 1.54) is 12.1 Å². The van der Waals surface area contributed by atoms with E-state index in [0.717, 1.165) is 17.7 Å². The molecule has 6 heteroatoms. The van der Waals surface area contributed by atoms with Crippen LogP contribution in [0.4, 0.5) is 14.5 Å². The summed E-state index contributed by atoms with van der Waals surface area (Å²) in [5, 5.41) is 0. The third-order valence-corrected chi connectivity index (χ3v) is 4.60. The van der Waals surface area contributed by atoms with E-state index in [9.17, 15) is 17.2 Å². The summed E-state index contributed by atoms with van der Waals surface area (Å²) in [7, 11) is -3.70. The van der Waals surface area contributed by atoms with Gasteiger partial charge in [-0.1, -0.05) is 12.1 Å². The van der Waals surface area contributed by atoms with Gasteiger partial charge in [-0.3, -0.25) is 0 Å². The van der Waals surface area contributed by atoms with Gasteiger partial charge in [0.2, 0.25) is 0 Å². The number of sulfone groups is 1. The fourth-order valence-corrected chi connectivity index (χ4v) is 3.35. The molecule has 20 heavy (non-hydrogen) atoms. The Bertz CT molecular complexity index is 758. The molecule has 0 unspecified atom stereocenters. The Hall–Kier alpha value is -1.95. The molecule has 0 aliphatic heterocycles. The van der Waals surface area contributed by atoms with Crippen molar-refractivity contribution in [1.29, 1.82) is 0 Å². The maximum absolute atomic E-state index is 13.1. The summed E-state index contributed by atoms with van der Waals surface area (Å²) in [5.74, 6) is -2.52. The Balaban J connectivity index is 2.38. The molecule has 2 aromatic carbocycles. The van der Waals surface area contributed by atoms with Crippen LogP contribution in [0.5, 0.6) is 0 Å². The zero-order chi connectivity index (χ0) is 14.9. The number of benzene rings is 2. The van der Waals surface area contributed by atoms with E-state index in [0.29, 0.717) is 0 Å². The van der Waals surface area contributed by atoms with Crippen LogP contribution in [0.1, 0.15) is 11.1 Å². The Kier molecular flexibility index (Phi) is 3.76.